The number of hydrogen-bond acceptors (Lipinski definition) is 5. The van der Waals surface area contributed by atoms with Crippen molar-refractivity contribution < 1.29 is 9.53 Å². The monoisotopic (exact) mass is 420 g/mol. The third kappa shape index (κ3) is 3.80. The van der Waals surface area contributed by atoms with Gasteiger partial charge in [-0.2, -0.15) is 0 Å². The number of hydrogen-bond donors (Lipinski definition) is 1. The van der Waals surface area contributed by atoms with Gasteiger partial charge in [-0.15, -0.1) is 11.3 Å². The first-order valence-corrected chi connectivity index (χ1v) is 10.6. The molecule has 3 heterocycles. The zero-order valence-electron chi connectivity index (χ0n) is 17.5. The Bertz CT molecular complexity index is 1190. The summed E-state index contributed by atoms with van der Waals surface area (Å²) >= 11 is 1.42. The summed E-state index contributed by atoms with van der Waals surface area (Å²) in [4.78, 5) is 22.7. The van der Waals surface area contributed by atoms with E-state index in [4.69, 9.17) is 9.72 Å². The minimum atomic E-state index is -0.113. The van der Waals surface area contributed by atoms with Crippen LogP contribution in [0.1, 0.15) is 40.8 Å². The molecule has 0 aliphatic rings. The summed E-state index contributed by atoms with van der Waals surface area (Å²) in [5, 5.41) is 4.87. The number of methoxy groups -OCH3 is 1. The minimum Gasteiger partial charge on any atom is -0.497 e. The number of thiazole rings is 1. The molecule has 7 heteroatoms. The molecule has 1 amide bonds. The highest BCUT2D eigenvalue weighted by Gasteiger charge is 2.20. The standard InChI is InChI=1S/C23H24N4O2S/c1-14(2)27-13-19(18-6-5-11-24-21(18)27)23-26-15(3)20(30-23)22(28)25-12-16-7-9-17(29-4)10-8-16/h5-11,13-14H,12H2,1-4H3,(H,25,28). The van der Waals surface area contributed by atoms with Crippen LogP contribution in [-0.2, 0) is 6.54 Å². The number of fused-ring (bicyclic) bond motifs is 1. The molecule has 4 aromatic rings. The lowest BCUT2D eigenvalue weighted by Crippen LogP contribution is -2.22. The first-order valence-electron chi connectivity index (χ1n) is 9.82. The number of nitrogens with zero attached hydrogens (tertiary/aromatic N) is 3. The van der Waals surface area contributed by atoms with Gasteiger partial charge in [0.05, 0.1) is 12.8 Å². The molecular formula is C23H24N4O2S. The molecule has 1 N–H and O–H groups in total. The molecule has 0 aliphatic heterocycles. The number of ether oxygens (including phenoxy) is 1. The van der Waals surface area contributed by atoms with Crippen LogP contribution in [0.3, 0.4) is 0 Å². The molecule has 6 nitrogen and oxygen atoms in total. The highest BCUT2D eigenvalue weighted by atomic mass is 32.1. The lowest BCUT2D eigenvalue weighted by Gasteiger charge is -2.07. The third-order valence-electron chi connectivity index (χ3n) is 4.99. The van der Waals surface area contributed by atoms with Crippen LogP contribution < -0.4 is 10.1 Å². The number of rotatable bonds is 6. The maximum atomic E-state index is 12.8. The second-order valence-electron chi connectivity index (χ2n) is 7.38. The Morgan fingerprint density at radius 2 is 2.00 bits per heavy atom. The van der Waals surface area contributed by atoms with E-state index in [1.807, 2.05) is 37.3 Å². The van der Waals surface area contributed by atoms with E-state index in [0.29, 0.717) is 11.4 Å². The molecule has 0 spiro atoms. The van der Waals surface area contributed by atoms with Gasteiger partial charge in [-0.05, 0) is 50.6 Å². The van der Waals surface area contributed by atoms with E-state index in [-0.39, 0.29) is 11.9 Å². The smallest absolute Gasteiger partial charge is 0.263 e. The number of aromatic nitrogens is 3. The van der Waals surface area contributed by atoms with Gasteiger partial charge in [-0.3, -0.25) is 4.79 Å². The molecule has 0 aliphatic carbocycles. The summed E-state index contributed by atoms with van der Waals surface area (Å²) in [6.45, 7) is 6.58. The average molecular weight is 421 g/mol. The Morgan fingerprint density at radius 3 is 2.70 bits per heavy atom. The number of carbonyl (C=O) groups excluding carboxylic acids is 1. The van der Waals surface area contributed by atoms with Gasteiger partial charge in [-0.1, -0.05) is 12.1 Å². The van der Waals surface area contributed by atoms with Gasteiger partial charge in [0.1, 0.15) is 21.3 Å². The van der Waals surface area contributed by atoms with Crippen molar-refractivity contribution in [1.82, 2.24) is 19.9 Å². The lowest BCUT2D eigenvalue weighted by atomic mass is 10.2. The Morgan fingerprint density at radius 1 is 1.23 bits per heavy atom. The average Bonchev–Trinajstić information content (AvgIpc) is 3.33. The van der Waals surface area contributed by atoms with Gasteiger partial charge in [0, 0.05) is 35.9 Å². The first-order chi connectivity index (χ1) is 14.5. The van der Waals surface area contributed by atoms with Crippen molar-refractivity contribution in [3.63, 3.8) is 0 Å². The fraction of sp³-hybridized carbons (Fsp3) is 0.261. The third-order valence-corrected chi connectivity index (χ3v) is 6.18. The van der Waals surface area contributed by atoms with Crippen molar-refractivity contribution in [2.45, 2.75) is 33.4 Å². The van der Waals surface area contributed by atoms with Crippen LogP contribution in [0.2, 0.25) is 0 Å². The molecule has 0 saturated heterocycles. The normalized spacial score (nSPS) is 11.2. The van der Waals surface area contributed by atoms with Crippen molar-refractivity contribution in [2.75, 3.05) is 7.11 Å². The van der Waals surface area contributed by atoms with E-state index in [2.05, 4.69) is 41.0 Å². The summed E-state index contributed by atoms with van der Waals surface area (Å²) in [6.07, 6.45) is 3.88. The van der Waals surface area contributed by atoms with Gasteiger partial charge < -0.3 is 14.6 Å². The highest BCUT2D eigenvalue weighted by Crippen LogP contribution is 2.35. The second-order valence-corrected chi connectivity index (χ2v) is 8.38. The van der Waals surface area contributed by atoms with Gasteiger partial charge in [0.2, 0.25) is 0 Å². The van der Waals surface area contributed by atoms with Crippen molar-refractivity contribution >= 4 is 28.3 Å². The largest absolute Gasteiger partial charge is 0.497 e. The van der Waals surface area contributed by atoms with Crippen LogP contribution in [-0.4, -0.2) is 27.6 Å². The zero-order chi connectivity index (χ0) is 21.3. The number of carbonyl (C=O) groups is 1. The van der Waals surface area contributed by atoms with E-state index in [9.17, 15) is 4.79 Å². The molecule has 0 bridgehead atoms. The number of aryl methyl sites for hydroxylation is 1. The Balaban J connectivity index is 1.59. The summed E-state index contributed by atoms with van der Waals surface area (Å²) in [5.74, 6) is 0.681. The quantitative estimate of drug-likeness (QED) is 0.477. The van der Waals surface area contributed by atoms with Gasteiger partial charge in [-0.25, -0.2) is 9.97 Å². The highest BCUT2D eigenvalue weighted by molar-refractivity contribution is 7.17. The number of amides is 1. The summed E-state index contributed by atoms with van der Waals surface area (Å²) < 4.78 is 7.32. The topological polar surface area (TPSA) is 69.0 Å². The Hall–Kier alpha value is -3.19. The maximum absolute atomic E-state index is 12.8. The van der Waals surface area contributed by atoms with Crippen LogP contribution in [0.4, 0.5) is 0 Å². The van der Waals surface area contributed by atoms with E-state index >= 15 is 0 Å². The van der Waals surface area contributed by atoms with Crippen LogP contribution in [0.15, 0.2) is 48.8 Å². The van der Waals surface area contributed by atoms with E-state index < -0.39 is 0 Å². The van der Waals surface area contributed by atoms with Crippen LogP contribution in [0.5, 0.6) is 5.75 Å². The van der Waals surface area contributed by atoms with Gasteiger partial charge in [0.25, 0.3) is 5.91 Å². The molecule has 3 aromatic heterocycles. The molecule has 154 valence electrons. The van der Waals surface area contributed by atoms with Crippen LogP contribution in [0.25, 0.3) is 21.6 Å². The molecule has 0 atom stereocenters. The number of pyridine rings is 1. The van der Waals surface area contributed by atoms with Crippen molar-refractivity contribution in [2.24, 2.45) is 0 Å². The van der Waals surface area contributed by atoms with Crippen molar-refractivity contribution in [3.05, 3.63) is 64.9 Å². The molecular weight excluding hydrogens is 396 g/mol. The van der Waals surface area contributed by atoms with Gasteiger partial charge in [0.15, 0.2) is 0 Å². The molecule has 1 aromatic carbocycles. The van der Waals surface area contributed by atoms with Crippen molar-refractivity contribution in [3.8, 4) is 16.3 Å². The Kier molecular flexibility index (Phi) is 5.55. The van der Waals surface area contributed by atoms with E-state index in [1.165, 1.54) is 11.3 Å². The fourth-order valence-corrected chi connectivity index (χ4v) is 4.38. The van der Waals surface area contributed by atoms with E-state index in [0.717, 1.165) is 38.6 Å². The SMILES string of the molecule is COc1ccc(CNC(=O)c2sc(-c3cn(C(C)C)c4ncccc34)nc2C)cc1. The fourth-order valence-electron chi connectivity index (χ4n) is 3.38. The van der Waals surface area contributed by atoms with Crippen LogP contribution >= 0.6 is 11.3 Å². The molecule has 0 saturated carbocycles. The molecule has 30 heavy (non-hydrogen) atoms. The predicted molar refractivity (Wildman–Crippen MR) is 120 cm³/mol. The van der Waals surface area contributed by atoms with Crippen molar-refractivity contribution in [1.29, 1.82) is 0 Å². The molecule has 0 radical (unpaired) electrons. The summed E-state index contributed by atoms with van der Waals surface area (Å²) in [7, 11) is 1.63. The van der Waals surface area contributed by atoms with E-state index in [1.54, 1.807) is 13.3 Å². The minimum absolute atomic E-state index is 0.113. The molecule has 0 unspecified atom stereocenters. The zero-order valence-corrected chi connectivity index (χ0v) is 18.3. The van der Waals surface area contributed by atoms with Gasteiger partial charge >= 0.3 is 0 Å². The second kappa shape index (κ2) is 8.28. The Labute approximate surface area is 179 Å². The maximum Gasteiger partial charge on any atom is 0.263 e. The number of nitrogens with one attached hydrogen (secondary N) is 1. The summed E-state index contributed by atoms with van der Waals surface area (Å²) in [6, 6.07) is 11.9. The number of benzene rings is 1. The molecule has 0 fully saturated rings. The predicted octanol–water partition coefficient (Wildman–Crippen LogP) is 4.99. The first kappa shape index (κ1) is 20.1. The lowest BCUT2D eigenvalue weighted by molar-refractivity contribution is 0.0954. The molecule has 4 rings (SSSR count). The van der Waals surface area contributed by atoms with Crippen LogP contribution in [0, 0.1) is 6.92 Å². The summed E-state index contributed by atoms with van der Waals surface area (Å²) in [5.41, 5.74) is 3.68.